The average molecular weight is 245 g/mol. The molecule has 0 heterocycles. The number of ether oxygens (including phenoxy) is 2. The van der Waals surface area contributed by atoms with E-state index in [1.807, 2.05) is 0 Å². The van der Waals surface area contributed by atoms with E-state index in [0.29, 0.717) is 31.8 Å². The molecular formula is C13H27NO3. The Hall–Kier alpha value is -0.160. The normalized spacial score (nSPS) is 27.0. The minimum atomic E-state index is -0.416. The molecule has 1 aliphatic rings. The summed E-state index contributed by atoms with van der Waals surface area (Å²) in [4.78, 5) is 0. The number of rotatable bonds is 8. The minimum absolute atomic E-state index is 0.345. The summed E-state index contributed by atoms with van der Waals surface area (Å²) in [5.74, 6) is 0.636. The highest BCUT2D eigenvalue weighted by molar-refractivity contribution is 4.73. The Morgan fingerprint density at radius 1 is 1.35 bits per heavy atom. The van der Waals surface area contributed by atoms with Gasteiger partial charge in [-0.25, -0.2) is 0 Å². The zero-order valence-corrected chi connectivity index (χ0v) is 11.2. The summed E-state index contributed by atoms with van der Waals surface area (Å²) in [5, 5.41) is 12.9. The molecule has 0 amide bonds. The van der Waals surface area contributed by atoms with Gasteiger partial charge in [0.2, 0.25) is 0 Å². The molecule has 2 N–H and O–H groups in total. The fourth-order valence-corrected chi connectivity index (χ4v) is 2.27. The number of methoxy groups -OCH3 is 1. The summed E-state index contributed by atoms with van der Waals surface area (Å²) < 4.78 is 10.7. The lowest BCUT2D eigenvalue weighted by atomic mass is 9.88. The van der Waals surface area contributed by atoms with E-state index in [-0.39, 0.29) is 0 Å². The number of hydrogen-bond donors (Lipinski definition) is 2. The number of hydrogen-bond acceptors (Lipinski definition) is 4. The maximum atomic E-state index is 9.74. The first-order valence-electron chi connectivity index (χ1n) is 6.73. The number of aliphatic hydroxyl groups excluding tert-OH is 1. The summed E-state index contributed by atoms with van der Waals surface area (Å²) in [6.45, 7) is 4.70. The molecule has 4 nitrogen and oxygen atoms in total. The third kappa shape index (κ3) is 6.36. The molecule has 0 bridgehead atoms. The average Bonchev–Trinajstić information content (AvgIpc) is 2.34. The molecular weight excluding hydrogens is 218 g/mol. The topological polar surface area (TPSA) is 50.7 Å². The number of nitrogens with one attached hydrogen (secondary N) is 1. The van der Waals surface area contributed by atoms with Crippen LogP contribution in [0.3, 0.4) is 0 Å². The first-order valence-corrected chi connectivity index (χ1v) is 6.73. The second-order valence-electron chi connectivity index (χ2n) is 4.98. The van der Waals surface area contributed by atoms with Crippen LogP contribution in [0.2, 0.25) is 0 Å². The largest absolute Gasteiger partial charge is 0.389 e. The molecule has 1 saturated carbocycles. The maximum absolute atomic E-state index is 9.74. The second kappa shape index (κ2) is 8.86. The Balaban J connectivity index is 2.03. The first kappa shape index (κ1) is 14.9. The van der Waals surface area contributed by atoms with E-state index in [9.17, 15) is 5.11 Å². The molecule has 0 aromatic rings. The first-order chi connectivity index (χ1) is 8.24. The van der Waals surface area contributed by atoms with Gasteiger partial charge < -0.3 is 19.9 Å². The molecule has 1 rings (SSSR count). The standard InChI is InChI=1S/C13H27NO3/c1-11-5-3-4-6-13(11)17-10-12(15)9-14-7-8-16-2/h11-15H,3-10H2,1-2H3/t11-,12+,13+/m0/s1. The van der Waals surface area contributed by atoms with Crippen LogP contribution in [-0.4, -0.2) is 50.7 Å². The third-order valence-corrected chi connectivity index (χ3v) is 3.40. The fourth-order valence-electron chi connectivity index (χ4n) is 2.27. The van der Waals surface area contributed by atoms with Gasteiger partial charge in [-0.1, -0.05) is 19.8 Å². The lowest BCUT2D eigenvalue weighted by Gasteiger charge is -2.29. The Morgan fingerprint density at radius 3 is 2.82 bits per heavy atom. The minimum Gasteiger partial charge on any atom is -0.389 e. The lowest BCUT2D eigenvalue weighted by Crippen LogP contribution is -2.35. The van der Waals surface area contributed by atoms with Crippen LogP contribution in [0.1, 0.15) is 32.6 Å². The van der Waals surface area contributed by atoms with Crippen molar-refractivity contribution < 1.29 is 14.6 Å². The van der Waals surface area contributed by atoms with E-state index in [1.54, 1.807) is 7.11 Å². The molecule has 0 unspecified atom stereocenters. The van der Waals surface area contributed by atoms with Crippen LogP contribution in [-0.2, 0) is 9.47 Å². The van der Waals surface area contributed by atoms with Crippen LogP contribution < -0.4 is 5.32 Å². The van der Waals surface area contributed by atoms with Crippen molar-refractivity contribution in [1.29, 1.82) is 0 Å². The smallest absolute Gasteiger partial charge is 0.0897 e. The highest BCUT2D eigenvalue weighted by Crippen LogP contribution is 2.26. The molecule has 0 aromatic carbocycles. The van der Waals surface area contributed by atoms with Crippen molar-refractivity contribution >= 4 is 0 Å². The van der Waals surface area contributed by atoms with Crippen LogP contribution in [0.25, 0.3) is 0 Å². The van der Waals surface area contributed by atoms with Crippen molar-refractivity contribution in [3.63, 3.8) is 0 Å². The van der Waals surface area contributed by atoms with Crippen LogP contribution >= 0.6 is 0 Å². The maximum Gasteiger partial charge on any atom is 0.0897 e. The van der Waals surface area contributed by atoms with E-state index in [0.717, 1.165) is 13.0 Å². The molecule has 4 heteroatoms. The van der Waals surface area contributed by atoms with Gasteiger partial charge in [0.05, 0.1) is 25.4 Å². The Labute approximate surface area is 105 Å². The van der Waals surface area contributed by atoms with Gasteiger partial charge in [-0.05, 0) is 18.8 Å². The Morgan fingerprint density at radius 2 is 2.12 bits per heavy atom. The Kier molecular flexibility index (Phi) is 7.77. The van der Waals surface area contributed by atoms with Gasteiger partial charge in [-0.2, -0.15) is 0 Å². The molecule has 0 radical (unpaired) electrons. The zero-order chi connectivity index (χ0) is 12.5. The summed E-state index contributed by atoms with van der Waals surface area (Å²) in [7, 11) is 1.67. The van der Waals surface area contributed by atoms with Crippen LogP contribution in [0.4, 0.5) is 0 Å². The molecule has 1 aliphatic carbocycles. The van der Waals surface area contributed by atoms with E-state index < -0.39 is 6.10 Å². The van der Waals surface area contributed by atoms with Gasteiger partial charge in [-0.15, -0.1) is 0 Å². The molecule has 0 aromatic heterocycles. The molecule has 102 valence electrons. The summed E-state index contributed by atoms with van der Waals surface area (Å²) in [5.41, 5.74) is 0. The van der Waals surface area contributed by atoms with E-state index in [1.165, 1.54) is 19.3 Å². The van der Waals surface area contributed by atoms with E-state index in [4.69, 9.17) is 9.47 Å². The fraction of sp³-hybridized carbons (Fsp3) is 1.00. The predicted octanol–water partition coefficient (Wildman–Crippen LogP) is 1.18. The molecule has 0 aliphatic heterocycles. The quantitative estimate of drug-likeness (QED) is 0.631. The lowest BCUT2D eigenvalue weighted by molar-refractivity contribution is -0.0452. The van der Waals surface area contributed by atoms with Gasteiger partial charge in [0.1, 0.15) is 0 Å². The predicted molar refractivity (Wildman–Crippen MR) is 68.1 cm³/mol. The summed E-state index contributed by atoms with van der Waals surface area (Å²) in [6, 6.07) is 0. The number of aliphatic hydroxyl groups is 1. The SMILES string of the molecule is COCCNC[C@@H](O)CO[C@@H]1CCCC[C@@H]1C. The molecule has 0 saturated heterocycles. The molecule has 3 atom stereocenters. The third-order valence-electron chi connectivity index (χ3n) is 3.40. The summed E-state index contributed by atoms with van der Waals surface area (Å²) in [6.07, 6.45) is 4.91. The van der Waals surface area contributed by atoms with Crippen molar-refractivity contribution in [3.05, 3.63) is 0 Å². The monoisotopic (exact) mass is 245 g/mol. The van der Waals surface area contributed by atoms with E-state index >= 15 is 0 Å². The van der Waals surface area contributed by atoms with Crippen molar-refractivity contribution in [3.8, 4) is 0 Å². The van der Waals surface area contributed by atoms with Crippen LogP contribution in [0, 0.1) is 5.92 Å². The van der Waals surface area contributed by atoms with Gasteiger partial charge in [0.15, 0.2) is 0 Å². The second-order valence-corrected chi connectivity index (χ2v) is 4.98. The highest BCUT2D eigenvalue weighted by atomic mass is 16.5. The van der Waals surface area contributed by atoms with Crippen LogP contribution in [0.5, 0.6) is 0 Å². The van der Waals surface area contributed by atoms with Gasteiger partial charge in [0.25, 0.3) is 0 Å². The van der Waals surface area contributed by atoms with Crippen molar-refractivity contribution in [1.82, 2.24) is 5.32 Å². The van der Waals surface area contributed by atoms with E-state index in [2.05, 4.69) is 12.2 Å². The van der Waals surface area contributed by atoms with Gasteiger partial charge in [0, 0.05) is 20.2 Å². The van der Waals surface area contributed by atoms with Crippen molar-refractivity contribution in [2.24, 2.45) is 5.92 Å². The van der Waals surface area contributed by atoms with Crippen molar-refractivity contribution in [2.45, 2.75) is 44.8 Å². The zero-order valence-electron chi connectivity index (χ0n) is 11.2. The highest BCUT2D eigenvalue weighted by Gasteiger charge is 2.22. The van der Waals surface area contributed by atoms with Crippen molar-refractivity contribution in [2.75, 3.05) is 33.4 Å². The Bertz CT molecular complexity index is 190. The molecule has 17 heavy (non-hydrogen) atoms. The molecule has 1 fully saturated rings. The summed E-state index contributed by atoms with van der Waals surface area (Å²) >= 11 is 0. The van der Waals surface area contributed by atoms with Crippen LogP contribution in [0.15, 0.2) is 0 Å². The van der Waals surface area contributed by atoms with Gasteiger partial charge >= 0.3 is 0 Å². The van der Waals surface area contributed by atoms with Gasteiger partial charge in [-0.3, -0.25) is 0 Å². The molecule has 0 spiro atoms.